The van der Waals surface area contributed by atoms with Gasteiger partial charge in [-0.2, -0.15) is 0 Å². The molecule has 0 aliphatic rings. The molecule has 0 aliphatic carbocycles. The number of nitrogens with zero attached hydrogens (tertiary/aromatic N) is 2. The summed E-state index contributed by atoms with van der Waals surface area (Å²) < 4.78 is 0. The predicted octanol–water partition coefficient (Wildman–Crippen LogP) is 2.93. The van der Waals surface area contributed by atoms with E-state index in [0.717, 1.165) is 0 Å². The van der Waals surface area contributed by atoms with E-state index in [4.69, 9.17) is 34.8 Å². The van der Waals surface area contributed by atoms with Crippen molar-refractivity contribution in [1.82, 2.24) is 9.99 Å². The monoisotopic (exact) mass is 239 g/mol. The lowest BCUT2D eigenvalue weighted by Crippen LogP contribution is -2.20. The Balaban J connectivity index is 3.01. The van der Waals surface area contributed by atoms with Crippen molar-refractivity contribution in [2.45, 2.75) is 0 Å². The summed E-state index contributed by atoms with van der Waals surface area (Å²) in [5, 5.41) is 2.72. The van der Waals surface area contributed by atoms with Crippen molar-refractivity contribution >= 4 is 40.6 Å². The van der Waals surface area contributed by atoms with E-state index < -0.39 is 0 Å². The van der Waals surface area contributed by atoms with Crippen LogP contribution in [-0.2, 0) is 0 Å². The molecule has 1 N–H and O–H groups in total. The van der Waals surface area contributed by atoms with Gasteiger partial charge in [0.2, 0.25) is 0 Å². The van der Waals surface area contributed by atoms with Gasteiger partial charge in [0, 0.05) is 14.1 Å². The van der Waals surface area contributed by atoms with Crippen LogP contribution in [0.2, 0.25) is 15.2 Å². The van der Waals surface area contributed by atoms with E-state index in [0.29, 0.717) is 15.9 Å². The molecular weight excluding hydrogens is 232 g/mol. The number of hydrogen-bond donors (Lipinski definition) is 1. The van der Waals surface area contributed by atoms with Crippen LogP contribution < -0.4 is 5.43 Å². The number of rotatable bonds is 2. The van der Waals surface area contributed by atoms with Gasteiger partial charge in [-0.1, -0.05) is 34.8 Å². The topological polar surface area (TPSA) is 28.2 Å². The highest BCUT2D eigenvalue weighted by Crippen LogP contribution is 2.28. The minimum atomic E-state index is 0.232. The Morgan fingerprint density at radius 2 is 1.85 bits per heavy atom. The van der Waals surface area contributed by atoms with Crippen molar-refractivity contribution < 1.29 is 0 Å². The fourth-order valence-corrected chi connectivity index (χ4v) is 1.27. The van der Waals surface area contributed by atoms with Gasteiger partial charge in [-0.15, -0.1) is 0 Å². The minimum absolute atomic E-state index is 0.232. The highest BCUT2D eigenvalue weighted by Gasteiger charge is 2.07. The third kappa shape index (κ3) is 2.88. The first kappa shape index (κ1) is 10.9. The Kier molecular flexibility index (Phi) is 3.62. The van der Waals surface area contributed by atoms with E-state index >= 15 is 0 Å². The van der Waals surface area contributed by atoms with Crippen LogP contribution in [0, 0.1) is 0 Å². The number of aromatic nitrogens is 1. The highest BCUT2D eigenvalue weighted by molar-refractivity contribution is 6.42. The summed E-state index contributed by atoms with van der Waals surface area (Å²) in [6.07, 6.45) is 0. The molecule has 0 saturated carbocycles. The average molecular weight is 241 g/mol. The second kappa shape index (κ2) is 4.33. The van der Waals surface area contributed by atoms with Crippen molar-refractivity contribution in [3.8, 4) is 0 Å². The molecule has 0 fully saturated rings. The van der Waals surface area contributed by atoms with E-state index in [-0.39, 0.29) is 5.15 Å². The van der Waals surface area contributed by atoms with Gasteiger partial charge in [-0.3, -0.25) is 0 Å². The zero-order chi connectivity index (χ0) is 10.0. The summed E-state index contributed by atoms with van der Waals surface area (Å²) in [6.45, 7) is 0. The van der Waals surface area contributed by atoms with Gasteiger partial charge in [0.25, 0.3) is 0 Å². The van der Waals surface area contributed by atoms with Gasteiger partial charge in [0.1, 0.15) is 5.15 Å². The molecule has 0 amide bonds. The summed E-state index contributed by atoms with van der Waals surface area (Å²) in [5.74, 6) is 0.487. The molecule has 3 nitrogen and oxygen atoms in total. The Labute approximate surface area is 91.6 Å². The number of anilines is 1. The molecule has 1 rings (SSSR count). The van der Waals surface area contributed by atoms with Crippen LogP contribution in [0.25, 0.3) is 0 Å². The van der Waals surface area contributed by atoms with Gasteiger partial charge < -0.3 is 5.43 Å². The molecule has 1 heterocycles. The lowest BCUT2D eigenvalue weighted by atomic mass is 10.4. The second-order valence-corrected chi connectivity index (χ2v) is 3.77. The first-order valence-corrected chi connectivity index (χ1v) is 4.59. The van der Waals surface area contributed by atoms with Crippen LogP contribution in [0.15, 0.2) is 6.07 Å². The van der Waals surface area contributed by atoms with Crippen LogP contribution >= 0.6 is 34.8 Å². The van der Waals surface area contributed by atoms with E-state index in [1.807, 2.05) is 14.1 Å². The van der Waals surface area contributed by atoms with Gasteiger partial charge in [-0.05, 0) is 6.07 Å². The minimum Gasteiger partial charge on any atom is -0.302 e. The molecule has 1 aromatic heterocycles. The van der Waals surface area contributed by atoms with Crippen molar-refractivity contribution in [2.24, 2.45) is 0 Å². The van der Waals surface area contributed by atoms with E-state index in [9.17, 15) is 0 Å². The molecule has 0 aromatic carbocycles. The van der Waals surface area contributed by atoms with Crippen LogP contribution in [-0.4, -0.2) is 24.1 Å². The molecular formula is C7H8Cl3N3. The zero-order valence-electron chi connectivity index (χ0n) is 7.11. The molecule has 0 spiro atoms. The van der Waals surface area contributed by atoms with E-state index in [2.05, 4.69) is 10.4 Å². The number of nitrogens with one attached hydrogen (secondary N) is 1. The molecule has 1 aromatic rings. The Hall–Kier alpha value is -0.220. The molecule has 13 heavy (non-hydrogen) atoms. The summed E-state index contributed by atoms with van der Waals surface area (Å²) in [5.41, 5.74) is 2.89. The maximum atomic E-state index is 5.85. The molecule has 0 aliphatic heterocycles. The summed E-state index contributed by atoms with van der Waals surface area (Å²) in [6, 6.07) is 1.55. The van der Waals surface area contributed by atoms with Crippen LogP contribution in [0.3, 0.4) is 0 Å². The molecule has 0 radical (unpaired) electrons. The van der Waals surface area contributed by atoms with Crippen LogP contribution in [0.4, 0.5) is 5.82 Å². The predicted molar refractivity (Wildman–Crippen MR) is 56.6 cm³/mol. The van der Waals surface area contributed by atoms with Crippen LogP contribution in [0.1, 0.15) is 0 Å². The standard InChI is InChI=1S/C7H8Cl3N3/c1-13(2)12-7-5(9)3-4(8)6(10)11-7/h3H,1-2H3,(H,11,12). The summed E-state index contributed by atoms with van der Waals surface area (Å²) in [7, 11) is 3.64. The van der Waals surface area contributed by atoms with Crippen molar-refractivity contribution in [1.29, 1.82) is 0 Å². The van der Waals surface area contributed by atoms with Gasteiger partial charge in [0.15, 0.2) is 5.82 Å². The third-order valence-corrected chi connectivity index (χ3v) is 2.18. The van der Waals surface area contributed by atoms with Crippen molar-refractivity contribution in [3.63, 3.8) is 0 Å². The number of hydrogen-bond acceptors (Lipinski definition) is 3. The maximum absolute atomic E-state index is 5.85. The lowest BCUT2D eigenvalue weighted by Gasteiger charge is -2.13. The number of halogens is 3. The lowest BCUT2D eigenvalue weighted by molar-refractivity contribution is 0.492. The fourth-order valence-electron chi connectivity index (χ4n) is 0.734. The molecule has 0 saturated heterocycles. The zero-order valence-corrected chi connectivity index (χ0v) is 9.37. The molecule has 6 heteroatoms. The SMILES string of the molecule is CN(C)Nc1nc(Cl)c(Cl)cc1Cl. The van der Waals surface area contributed by atoms with Gasteiger partial charge in [0.05, 0.1) is 10.0 Å². The quantitative estimate of drug-likeness (QED) is 0.636. The molecule has 0 bridgehead atoms. The van der Waals surface area contributed by atoms with Gasteiger partial charge in [-0.25, -0.2) is 9.99 Å². The van der Waals surface area contributed by atoms with Crippen molar-refractivity contribution in [2.75, 3.05) is 19.5 Å². The van der Waals surface area contributed by atoms with E-state index in [1.165, 1.54) is 0 Å². The third-order valence-electron chi connectivity index (χ3n) is 1.22. The van der Waals surface area contributed by atoms with Gasteiger partial charge >= 0.3 is 0 Å². The number of pyridine rings is 1. The van der Waals surface area contributed by atoms with Crippen molar-refractivity contribution in [3.05, 3.63) is 21.3 Å². The molecule has 0 atom stereocenters. The smallest absolute Gasteiger partial charge is 0.161 e. The average Bonchev–Trinajstić information content (AvgIpc) is 1.99. The molecule has 72 valence electrons. The largest absolute Gasteiger partial charge is 0.302 e. The highest BCUT2D eigenvalue weighted by atomic mass is 35.5. The van der Waals surface area contributed by atoms with Crippen LogP contribution in [0.5, 0.6) is 0 Å². The van der Waals surface area contributed by atoms with E-state index in [1.54, 1.807) is 11.1 Å². The maximum Gasteiger partial charge on any atom is 0.161 e. The molecule has 0 unspecified atom stereocenters. The summed E-state index contributed by atoms with van der Waals surface area (Å²) >= 11 is 17.3. The Morgan fingerprint density at radius 1 is 1.23 bits per heavy atom. The number of hydrazine groups is 1. The second-order valence-electron chi connectivity index (χ2n) is 2.60. The fraction of sp³-hybridized carbons (Fsp3) is 0.286. The Morgan fingerprint density at radius 3 is 2.38 bits per heavy atom. The Bertz CT molecular complexity index is 314. The summed E-state index contributed by atoms with van der Waals surface area (Å²) in [4.78, 5) is 3.96. The first-order valence-electron chi connectivity index (χ1n) is 3.46. The first-order chi connectivity index (χ1) is 6.00. The normalized spacial score (nSPS) is 10.6.